The van der Waals surface area contributed by atoms with Crippen LogP contribution in [0, 0.1) is 0 Å². The van der Waals surface area contributed by atoms with E-state index in [1.54, 1.807) is 0 Å². The van der Waals surface area contributed by atoms with Crippen molar-refractivity contribution >= 4 is 11.9 Å². The fraction of sp³-hybridized carbons (Fsp3) is 0.250. The summed E-state index contributed by atoms with van der Waals surface area (Å²) in [5.41, 5.74) is 0.213. The van der Waals surface area contributed by atoms with E-state index >= 15 is 0 Å². The van der Waals surface area contributed by atoms with E-state index in [-0.39, 0.29) is 5.56 Å². The molecule has 0 radical (unpaired) electrons. The Balaban J connectivity index is 2.60. The molecule has 1 aromatic heterocycles. The summed E-state index contributed by atoms with van der Waals surface area (Å²) in [7, 11) is 0. The zero-order chi connectivity index (χ0) is 10.6. The van der Waals surface area contributed by atoms with Gasteiger partial charge in [0.25, 0.3) is 5.91 Å². The van der Waals surface area contributed by atoms with E-state index in [0.29, 0.717) is 0 Å². The van der Waals surface area contributed by atoms with Crippen molar-refractivity contribution in [2.45, 2.75) is 6.04 Å². The topological polar surface area (TPSA) is 99.8 Å². The summed E-state index contributed by atoms with van der Waals surface area (Å²) in [6.45, 7) is -0.654. The summed E-state index contributed by atoms with van der Waals surface area (Å²) < 4.78 is 4.64. The number of carbonyl (C=O) groups excluding carboxylic acids is 1. The molecule has 1 rings (SSSR count). The van der Waals surface area contributed by atoms with Crippen LogP contribution in [0.1, 0.15) is 10.4 Å². The van der Waals surface area contributed by atoms with Crippen molar-refractivity contribution in [1.29, 1.82) is 0 Å². The van der Waals surface area contributed by atoms with Crippen molar-refractivity contribution in [1.82, 2.24) is 5.32 Å². The Morgan fingerprint density at radius 1 is 1.57 bits per heavy atom. The molecular weight excluding hydrogens is 190 g/mol. The molecular formula is C8H9NO5. The van der Waals surface area contributed by atoms with Gasteiger partial charge in [0.1, 0.15) is 6.26 Å². The quantitative estimate of drug-likeness (QED) is 0.604. The van der Waals surface area contributed by atoms with Gasteiger partial charge in [0.05, 0.1) is 18.4 Å². The average Bonchev–Trinajstić information content (AvgIpc) is 2.65. The molecule has 14 heavy (non-hydrogen) atoms. The number of aliphatic hydroxyl groups excluding tert-OH is 1. The van der Waals surface area contributed by atoms with Gasteiger partial charge in [-0.1, -0.05) is 0 Å². The number of amides is 1. The molecule has 0 aliphatic carbocycles. The van der Waals surface area contributed by atoms with Gasteiger partial charge < -0.3 is 19.9 Å². The summed E-state index contributed by atoms with van der Waals surface area (Å²) >= 11 is 0. The molecule has 0 bridgehead atoms. The lowest BCUT2D eigenvalue weighted by molar-refractivity contribution is -0.140. The van der Waals surface area contributed by atoms with Crippen molar-refractivity contribution in [2.75, 3.05) is 6.61 Å². The molecule has 6 nitrogen and oxygen atoms in total. The Bertz CT molecular complexity index is 318. The standard InChI is InChI=1S/C8H9NO5/c10-3-6(8(12)13)9-7(11)5-1-2-14-4-5/h1-2,4,6,10H,3H2,(H,9,11)(H,12,13)/t6-/m0/s1. The summed E-state index contributed by atoms with van der Waals surface area (Å²) in [6, 6.07) is 0.100. The van der Waals surface area contributed by atoms with Crippen molar-refractivity contribution in [3.8, 4) is 0 Å². The lowest BCUT2D eigenvalue weighted by Gasteiger charge is -2.09. The van der Waals surface area contributed by atoms with Crippen molar-refractivity contribution < 1.29 is 24.2 Å². The highest BCUT2D eigenvalue weighted by Gasteiger charge is 2.19. The number of aliphatic hydroxyl groups is 1. The molecule has 0 fully saturated rings. The van der Waals surface area contributed by atoms with Gasteiger partial charge in [-0.05, 0) is 6.07 Å². The number of hydrogen-bond donors (Lipinski definition) is 3. The Morgan fingerprint density at radius 3 is 2.71 bits per heavy atom. The van der Waals surface area contributed by atoms with Crippen LogP contribution in [0.15, 0.2) is 23.0 Å². The molecule has 0 aliphatic heterocycles. The zero-order valence-electron chi connectivity index (χ0n) is 7.14. The minimum atomic E-state index is -1.29. The monoisotopic (exact) mass is 199 g/mol. The van der Waals surface area contributed by atoms with E-state index in [2.05, 4.69) is 9.73 Å². The first kappa shape index (κ1) is 10.3. The second kappa shape index (κ2) is 4.43. The van der Waals surface area contributed by atoms with Crippen LogP contribution in [0.2, 0.25) is 0 Å². The maximum Gasteiger partial charge on any atom is 0.328 e. The Labute approximate surface area is 79.1 Å². The van der Waals surface area contributed by atoms with Gasteiger partial charge in [0, 0.05) is 0 Å². The number of furan rings is 1. The lowest BCUT2D eigenvalue weighted by atomic mass is 10.2. The molecule has 0 spiro atoms. The maximum absolute atomic E-state index is 11.2. The Morgan fingerprint density at radius 2 is 2.29 bits per heavy atom. The van der Waals surface area contributed by atoms with E-state index in [4.69, 9.17) is 10.2 Å². The van der Waals surface area contributed by atoms with Gasteiger partial charge in [-0.15, -0.1) is 0 Å². The van der Waals surface area contributed by atoms with E-state index in [0.717, 1.165) is 0 Å². The number of nitrogens with one attached hydrogen (secondary N) is 1. The van der Waals surface area contributed by atoms with Gasteiger partial charge in [0.15, 0.2) is 6.04 Å². The first-order valence-corrected chi connectivity index (χ1v) is 3.82. The normalized spacial score (nSPS) is 12.1. The smallest absolute Gasteiger partial charge is 0.328 e. The highest BCUT2D eigenvalue weighted by Crippen LogP contribution is 1.99. The number of hydrogen-bond acceptors (Lipinski definition) is 4. The van der Waals surface area contributed by atoms with Crippen LogP contribution in [-0.4, -0.2) is 34.7 Å². The van der Waals surface area contributed by atoms with Gasteiger partial charge in [-0.3, -0.25) is 4.79 Å². The first-order valence-electron chi connectivity index (χ1n) is 3.82. The molecule has 0 unspecified atom stereocenters. The molecule has 1 aromatic rings. The molecule has 1 atom stereocenters. The van der Waals surface area contributed by atoms with Crippen LogP contribution >= 0.6 is 0 Å². The summed E-state index contributed by atoms with van der Waals surface area (Å²) in [4.78, 5) is 21.7. The van der Waals surface area contributed by atoms with Crippen LogP contribution in [0.5, 0.6) is 0 Å². The SMILES string of the molecule is O=C(N[C@@H](CO)C(=O)O)c1ccoc1. The van der Waals surface area contributed by atoms with E-state index < -0.39 is 24.5 Å². The molecule has 6 heteroatoms. The zero-order valence-corrected chi connectivity index (χ0v) is 7.14. The third kappa shape index (κ3) is 2.33. The van der Waals surface area contributed by atoms with Gasteiger partial charge in [0.2, 0.25) is 0 Å². The Kier molecular flexibility index (Phi) is 3.24. The van der Waals surface area contributed by atoms with Crippen molar-refractivity contribution in [2.24, 2.45) is 0 Å². The second-order valence-electron chi connectivity index (χ2n) is 2.56. The van der Waals surface area contributed by atoms with Crippen LogP contribution in [0.3, 0.4) is 0 Å². The van der Waals surface area contributed by atoms with Crippen LogP contribution in [0.4, 0.5) is 0 Å². The molecule has 1 heterocycles. The number of aliphatic carboxylic acids is 1. The third-order valence-electron chi connectivity index (χ3n) is 1.57. The fourth-order valence-electron chi connectivity index (χ4n) is 0.821. The highest BCUT2D eigenvalue weighted by atomic mass is 16.4. The Hall–Kier alpha value is -1.82. The molecule has 76 valence electrons. The molecule has 0 aromatic carbocycles. The predicted octanol–water partition coefficient (Wildman–Crippen LogP) is -0.545. The predicted molar refractivity (Wildman–Crippen MR) is 44.7 cm³/mol. The minimum Gasteiger partial charge on any atom is -0.480 e. The van der Waals surface area contributed by atoms with Crippen molar-refractivity contribution in [3.63, 3.8) is 0 Å². The number of carboxylic acids is 1. The van der Waals surface area contributed by atoms with E-state index in [1.165, 1.54) is 18.6 Å². The van der Waals surface area contributed by atoms with Crippen molar-refractivity contribution in [3.05, 3.63) is 24.2 Å². The fourth-order valence-corrected chi connectivity index (χ4v) is 0.821. The van der Waals surface area contributed by atoms with E-state index in [9.17, 15) is 9.59 Å². The van der Waals surface area contributed by atoms with Gasteiger partial charge in [-0.25, -0.2) is 4.79 Å². The summed E-state index contributed by atoms with van der Waals surface area (Å²) in [5.74, 6) is -1.88. The summed E-state index contributed by atoms with van der Waals surface area (Å²) in [6.07, 6.45) is 2.48. The van der Waals surface area contributed by atoms with Crippen LogP contribution < -0.4 is 5.32 Å². The highest BCUT2D eigenvalue weighted by molar-refractivity contribution is 5.96. The second-order valence-corrected chi connectivity index (χ2v) is 2.56. The molecule has 0 saturated carbocycles. The lowest BCUT2D eigenvalue weighted by Crippen LogP contribution is -2.43. The number of carboxylic acid groups (broad SMARTS) is 1. The summed E-state index contributed by atoms with van der Waals surface area (Å²) in [5, 5.41) is 19.3. The first-order chi connectivity index (χ1) is 6.65. The van der Waals surface area contributed by atoms with Gasteiger partial charge in [-0.2, -0.15) is 0 Å². The van der Waals surface area contributed by atoms with Crippen LogP contribution in [0.25, 0.3) is 0 Å². The average molecular weight is 199 g/mol. The van der Waals surface area contributed by atoms with Gasteiger partial charge >= 0.3 is 5.97 Å². The molecule has 3 N–H and O–H groups in total. The minimum absolute atomic E-state index is 0.213. The largest absolute Gasteiger partial charge is 0.480 e. The van der Waals surface area contributed by atoms with Crippen LogP contribution in [-0.2, 0) is 4.79 Å². The number of carbonyl (C=O) groups is 2. The third-order valence-corrected chi connectivity index (χ3v) is 1.57. The number of rotatable bonds is 4. The molecule has 0 saturated heterocycles. The molecule has 1 amide bonds. The van der Waals surface area contributed by atoms with E-state index in [1.807, 2.05) is 0 Å². The maximum atomic E-state index is 11.2. The molecule has 0 aliphatic rings.